The summed E-state index contributed by atoms with van der Waals surface area (Å²) >= 11 is 4.53. The second-order valence-corrected chi connectivity index (χ2v) is 4.82. The third-order valence-electron chi connectivity index (χ3n) is 1.82. The third-order valence-corrected chi connectivity index (χ3v) is 3.39. The molecule has 1 heterocycles. The van der Waals surface area contributed by atoms with Gasteiger partial charge in [0, 0.05) is 14.6 Å². The van der Waals surface area contributed by atoms with Crippen molar-refractivity contribution in [1.82, 2.24) is 0 Å². The third kappa shape index (κ3) is 1.53. The molecule has 2 aromatic rings. The van der Waals surface area contributed by atoms with Gasteiger partial charge in [-0.15, -0.1) is 11.3 Å². The monoisotopic (exact) mass is 272 g/mol. The van der Waals surface area contributed by atoms with Crippen LogP contribution in [0.4, 0.5) is 4.39 Å². The van der Waals surface area contributed by atoms with Crippen molar-refractivity contribution < 1.29 is 4.39 Å². The maximum Gasteiger partial charge on any atom is 0.133 e. The lowest BCUT2D eigenvalue weighted by molar-refractivity contribution is 0.639. The molecule has 1 aromatic heterocycles. The molecule has 1 aromatic carbocycles. The van der Waals surface area contributed by atoms with Gasteiger partial charge in [-0.05, 0) is 18.2 Å². The lowest BCUT2D eigenvalue weighted by atomic mass is 10.2. The highest BCUT2D eigenvalue weighted by Gasteiger charge is 2.08. The molecule has 3 N–H and O–H groups in total. The number of thiophene rings is 1. The SMILES string of the molecule is N=C(N)c1cc2c(F)cc(Br)cc2s1. The van der Waals surface area contributed by atoms with Gasteiger partial charge in [0.05, 0.1) is 4.88 Å². The first-order chi connectivity index (χ1) is 6.58. The number of nitrogen functional groups attached to an aromatic ring is 1. The number of fused-ring (bicyclic) bond motifs is 1. The van der Waals surface area contributed by atoms with Gasteiger partial charge in [0.1, 0.15) is 11.7 Å². The highest BCUT2D eigenvalue weighted by atomic mass is 79.9. The van der Waals surface area contributed by atoms with E-state index in [0.717, 1.165) is 4.70 Å². The van der Waals surface area contributed by atoms with Gasteiger partial charge in [-0.3, -0.25) is 5.41 Å². The average molecular weight is 273 g/mol. The van der Waals surface area contributed by atoms with Crippen LogP contribution in [0.3, 0.4) is 0 Å². The summed E-state index contributed by atoms with van der Waals surface area (Å²) in [6.07, 6.45) is 0. The molecule has 0 saturated carbocycles. The Hall–Kier alpha value is -0.940. The van der Waals surface area contributed by atoms with Crippen molar-refractivity contribution in [2.24, 2.45) is 5.73 Å². The Bertz CT molecular complexity index is 521. The first-order valence-electron chi connectivity index (χ1n) is 3.81. The van der Waals surface area contributed by atoms with Crippen LogP contribution >= 0.6 is 27.3 Å². The molecule has 2 rings (SSSR count). The molecule has 0 amide bonds. The second kappa shape index (κ2) is 3.33. The van der Waals surface area contributed by atoms with Crippen LogP contribution in [0.5, 0.6) is 0 Å². The Kier molecular flexibility index (Phi) is 2.28. The second-order valence-electron chi connectivity index (χ2n) is 2.82. The zero-order valence-electron chi connectivity index (χ0n) is 6.97. The summed E-state index contributed by atoms with van der Waals surface area (Å²) in [5, 5.41) is 7.76. The molecule has 0 saturated heterocycles. The Morgan fingerprint density at radius 1 is 1.43 bits per heavy atom. The summed E-state index contributed by atoms with van der Waals surface area (Å²) < 4.78 is 14.9. The van der Waals surface area contributed by atoms with Gasteiger partial charge in [0.15, 0.2) is 0 Å². The van der Waals surface area contributed by atoms with E-state index < -0.39 is 0 Å². The van der Waals surface area contributed by atoms with Gasteiger partial charge in [-0.1, -0.05) is 15.9 Å². The standard InChI is InChI=1S/C9H6BrFN2S/c10-4-1-6(11)5-3-8(9(12)13)14-7(5)2-4/h1-3H,(H3,12,13). The van der Waals surface area contributed by atoms with Gasteiger partial charge in [0.25, 0.3) is 0 Å². The number of benzene rings is 1. The summed E-state index contributed by atoms with van der Waals surface area (Å²) in [5.41, 5.74) is 5.33. The first-order valence-corrected chi connectivity index (χ1v) is 5.42. The predicted molar refractivity (Wildman–Crippen MR) is 60.5 cm³/mol. The van der Waals surface area contributed by atoms with Gasteiger partial charge in [-0.2, -0.15) is 0 Å². The highest BCUT2D eigenvalue weighted by molar-refractivity contribution is 9.10. The molecule has 0 aliphatic rings. The number of nitrogens with one attached hydrogen (secondary N) is 1. The van der Waals surface area contributed by atoms with Crippen molar-refractivity contribution >= 4 is 43.2 Å². The molecule has 14 heavy (non-hydrogen) atoms. The van der Waals surface area contributed by atoms with E-state index in [9.17, 15) is 4.39 Å². The molecule has 0 atom stereocenters. The minimum Gasteiger partial charge on any atom is -0.383 e. The fourth-order valence-electron chi connectivity index (χ4n) is 1.20. The molecular formula is C9H6BrFN2S. The Labute approximate surface area is 92.2 Å². The first kappa shape index (κ1) is 9.61. The van der Waals surface area contributed by atoms with Gasteiger partial charge < -0.3 is 5.73 Å². The van der Waals surface area contributed by atoms with Gasteiger partial charge in [-0.25, -0.2) is 4.39 Å². The van der Waals surface area contributed by atoms with Crippen LogP contribution in [0.15, 0.2) is 22.7 Å². The summed E-state index contributed by atoms with van der Waals surface area (Å²) in [6.45, 7) is 0. The van der Waals surface area contributed by atoms with E-state index in [0.29, 0.717) is 14.7 Å². The molecular weight excluding hydrogens is 267 g/mol. The average Bonchev–Trinajstić information content (AvgIpc) is 2.47. The Balaban J connectivity index is 2.76. The van der Waals surface area contributed by atoms with Crippen LogP contribution < -0.4 is 5.73 Å². The molecule has 2 nitrogen and oxygen atoms in total. The quantitative estimate of drug-likeness (QED) is 0.608. The van der Waals surface area contributed by atoms with Crippen LogP contribution in [-0.2, 0) is 0 Å². The van der Waals surface area contributed by atoms with E-state index in [4.69, 9.17) is 11.1 Å². The Morgan fingerprint density at radius 3 is 2.79 bits per heavy atom. The summed E-state index contributed by atoms with van der Waals surface area (Å²) in [5.74, 6) is -0.320. The zero-order chi connectivity index (χ0) is 10.3. The number of amidine groups is 1. The van der Waals surface area contributed by atoms with Crippen molar-refractivity contribution in [2.45, 2.75) is 0 Å². The molecule has 0 unspecified atom stereocenters. The molecule has 0 aliphatic carbocycles. The molecule has 0 spiro atoms. The molecule has 0 radical (unpaired) electrons. The van der Waals surface area contributed by atoms with Gasteiger partial charge in [0.2, 0.25) is 0 Å². The number of nitrogens with two attached hydrogens (primary N) is 1. The van der Waals surface area contributed by atoms with Crippen LogP contribution in [0, 0.1) is 11.2 Å². The van der Waals surface area contributed by atoms with Crippen molar-refractivity contribution in [3.63, 3.8) is 0 Å². The zero-order valence-corrected chi connectivity index (χ0v) is 9.38. The summed E-state index contributed by atoms with van der Waals surface area (Å²) in [4.78, 5) is 0.594. The lowest BCUT2D eigenvalue weighted by Crippen LogP contribution is -2.08. The smallest absolute Gasteiger partial charge is 0.133 e. The molecule has 0 bridgehead atoms. The molecule has 0 aliphatic heterocycles. The van der Waals surface area contributed by atoms with E-state index in [2.05, 4.69) is 15.9 Å². The topological polar surface area (TPSA) is 49.9 Å². The van der Waals surface area contributed by atoms with Crippen LogP contribution in [0.1, 0.15) is 4.88 Å². The maximum absolute atomic E-state index is 13.4. The van der Waals surface area contributed by atoms with E-state index in [1.165, 1.54) is 17.4 Å². The summed E-state index contributed by atoms with van der Waals surface area (Å²) in [7, 11) is 0. The lowest BCUT2D eigenvalue weighted by Gasteiger charge is -1.92. The minimum atomic E-state index is -0.293. The molecule has 5 heteroatoms. The number of halogens is 2. The van der Waals surface area contributed by atoms with Crippen molar-refractivity contribution in [3.05, 3.63) is 33.4 Å². The number of hydrogen-bond donors (Lipinski definition) is 2. The minimum absolute atomic E-state index is 0.0262. The highest BCUT2D eigenvalue weighted by Crippen LogP contribution is 2.30. The largest absolute Gasteiger partial charge is 0.383 e. The van der Waals surface area contributed by atoms with Crippen molar-refractivity contribution in [2.75, 3.05) is 0 Å². The molecule has 0 fully saturated rings. The van der Waals surface area contributed by atoms with Crippen LogP contribution in [0.25, 0.3) is 10.1 Å². The van der Waals surface area contributed by atoms with E-state index in [1.807, 2.05) is 6.07 Å². The van der Waals surface area contributed by atoms with E-state index >= 15 is 0 Å². The maximum atomic E-state index is 13.4. The van der Waals surface area contributed by atoms with Gasteiger partial charge >= 0.3 is 0 Å². The van der Waals surface area contributed by atoms with E-state index in [-0.39, 0.29) is 11.7 Å². The van der Waals surface area contributed by atoms with Crippen LogP contribution in [0.2, 0.25) is 0 Å². The Morgan fingerprint density at radius 2 is 2.14 bits per heavy atom. The molecule has 72 valence electrons. The summed E-state index contributed by atoms with van der Waals surface area (Å²) in [6, 6.07) is 4.82. The van der Waals surface area contributed by atoms with Crippen molar-refractivity contribution in [1.29, 1.82) is 5.41 Å². The number of hydrogen-bond acceptors (Lipinski definition) is 2. The van der Waals surface area contributed by atoms with Crippen molar-refractivity contribution in [3.8, 4) is 0 Å². The van der Waals surface area contributed by atoms with Crippen LogP contribution in [-0.4, -0.2) is 5.84 Å². The normalized spacial score (nSPS) is 10.7. The number of rotatable bonds is 1. The van der Waals surface area contributed by atoms with E-state index in [1.54, 1.807) is 6.07 Å². The predicted octanol–water partition coefficient (Wildman–Crippen LogP) is 3.09. The fourth-order valence-corrected chi connectivity index (χ4v) is 2.75. The fraction of sp³-hybridized carbons (Fsp3) is 0.